The van der Waals surface area contributed by atoms with Gasteiger partial charge in [0.25, 0.3) is 11.8 Å². The maximum absolute atomic E-state index is 13.5. The number of benzene rings is 3. The molecule has 40 heavy (non-hydrogen) atoms. The van der Waals surface area contributed by atoms with E-state index in [0.29, 0.717) is 23.4 Å². The summed E-state index contributed by atoms with van der Waals surface area (Å²) < 4.78 is 11.0. The number of piperazine rings is 1. The third-order valence-corrected chi connectivity index (χ3v) is 7.40. The Kier molecular flexibility index (Phi) is 9.15. The van der Waals surface area contributed by atoms with E-state index in [0.717, 1.165) is 76.2 Å². The zero-order valence-corrected chi connectivity index (χ0v) is 23.0. The average Bonchev–Trinajstić information content (AvgIpc) is 3.02. The van der Waals surface area contributed by atoms with E-state index >= 15 is 0 Å². The molecule has 0 aliphatic carbocycles. The molecule has 0 radical (unpaired) electrons. The van der Waals surface area contributed by atoms with Crippen LogP contribution in [0.2, 0.25) is 0 Å². The van der Waals surface area contributed by atoms with Gasteiger partial charge in [-0.3, -0.25) is 14.5 Å². The van der Waals surface area contributed by atoms with Gasteiger partial charge in [-0.15, -0.1) is 0 Å². The van der Waals surface area contributed by atoms with Crippen molar-refractivity contribution < 1.29 is 19.1 Å². The highest BCUT2D eigenvalue weighted by Crippen LogP contribution is 2.31. The Hall–Kier alpha value is -4.08. The molecule has 2 heterocycles. The number of morpholine rings is 1. The van der Waals surface area contributed by atoms with E-state index in [1.165, 1.54) is 0 Å². The molecule has 2 amide bonds. The van der Waals surface area contributed by atoms with E-state index in [2.05, 4.69) is 31.4 Å². The summed E-state index contributed by atoms with van der Waals surface area (Å²) in [4.78, 5) is 33.1. The highest BCUT2D eigenvalue weighted by atomic mass is 16.5. The van der Waals surface area contributed by atoms with E-state index < -0.39 is 0 Å². The summed E-state index contributed by atoms with van der Waals surface area (Å²) in [6, 6.07) is 22.7. The Morgan fingerprint density at radius 2 is 1.48 bits per heavy atom. The quantitative estimate of drug-likeness (QED) is 0.428. The number of rotatable bonds is 9. The molecule has 3 aromatic rings. The smallest absolute Gasteiger partial charge is 0.255 e. The molecule has 5 rings (SSSR count). The number of nitrogens with one attached hydrogen (secondary N) is 2. The minimum absolute atomic E-state index is 0.147. The molecule has 2 aliphatic rings. The number of carbonyl (C=O) groups excluding carboxylic acids is 2. The Morgan fingerprint density at radius 3 is 2.20 bits per heavy atom. The monoisotopic (exact) mass is 543 g/mol. The predicted molar refractivity (Wildman–Crippen MR) is 158 cm³/mol. The molecule has 0 spiro atoms. The third kappa shape index (κ3) is 6.73. The second-order valence-electron chi connectivity index (χ2n) is 9.91. The van der Waals surface area contributed by atoms with Gasteiger partial charge in [-0.1, -0.05) is 30.3 Å². The number of nitrogens with zero attached hydrogens (tertiary/aromatic N) is 3. The third-order valence-electron chi connectivity index (χ3n) is 7.40. The molecule has 0 aromatic heterocycles. The number of amides is 2. The summed E-state index contributed by atoms with van der Waals surface area (Å²) in [5.41, 5.74) is 3.64. The average molecular weight is 544 g/mol. The van der Waals surface area contributed by atoms with Crippen LogP contribution in [0.4, 0.5) is 17.1 Å². The second kappa shape index (κ2) is 13.3. The van der Waals surface area contributed by atoms with Gasteiger partial charge in [0.15, 0.2) is 0 Å². The maximum Gasteiger partial charge on any atom is 0.255 e. The van der Waals surface area contributed by atoms with Crippen LogP contribution in [0.1, 0.15) is 20.7 Å². The Labute approximate surface area is 235 Å². The molecule has 0 saturated carbocycles. The number of hydrogen-bond donors (Lipinski definition) is 2. The lowest BCUT2D eigenvalue weighted by molar-refractivity contribution is 0.0383. The van der Waals surface area contributed by atoms with Gasteiger partial charge >= 0.3 is 0 Å². The van der Waals surface area contributed by atoms with E-state index in [4.69, 9.17) is 9.47 Å². The van der Waals surface area contributed by atoms with Crippen molar-refractivity contribution in [2.45, 2.75) is 0 Å². The van der Waals surface area contributed by atoms with Crippen molar-refractivity contribution in [3.63, 3.8) is 0 Å². The topological polar surface area (TPSA) is 86.4 Å². The van der Waals surface area contributed by atoms with Crippen LogP contribution in [0.25, 0.3) is 0 Å². The van der Waals surface area contributed by atoms with Crippen molar-refractivity contribution in [3.05, 3.63) is 83.9 Å². The molecule has 9 heteroatoms. The second-order valence-corrected chi connectivity index (χ2v) is 9.91. The summed E-state index contributed by atoms with van der Waals surface area (Å²) in [6.07, 6.45) is 0. The van der Waals surface area contributed by atoms with Gasteiger partial charge in [0, 0.05) is 69.3 Å². The van der Waals surface area contributed by atoms with E-state index in [-0.39, 0.29) is 11.8 Å². The molecule has 0 bridgehead atoms. The lowest BCUT2D eigenvalue weighted by Gasteiger charge is -2.38. The van der Waals surface area contributed by atoms with Crippen LogP contribution in [0.15, 0.2) is 72.8 Å². The molecular weight excluding hydrogens is 506 g/mol. The number of ether oxygens (including phenoxy) is 2. The summed E-state index contributed by atoms with van der Waals surface area (Å²) in [7, 11) is 1.69. The van der Waals surface area contributed by atoms with Crippen molar-refractivity contribution in [1.29, 1.82) is 0 Å². The fourth-order valence-corrected chi connectivity index (χ4v) is 5.19. The molecule has 3 aromatic carbocycles. The summed E-state index contributed by atoms with van der Waals surface area (Å²) in [6.45, 7) is 7.61. The van der Waals surface area contributed by atoms with Gasteiger partial charge in [0.1, 0.15) is 5.75 Å². The number of hydrogen-bond acceptors (Lipinski definition) is 7. The minimum atomic E-state index is -0.211. The molecule has 2 aliphatic heterocycles. The van der Waals surface area contributed by atoms with Crippen molar-refractivity contribution in [1.82, 2.24) is 10.2 Å². The van der Waals surface area contributed by atoms with Crippen LogP contribution >= 0.6 is 0 Å². The van der Waals surface area contributed by atoms with Crippen LogP contribution in [0, 0.1) is 0 Å². The fourth-order valence-electron chi connectivity index (χ4n) is 5.19. The highest BCUT2D eigenvalue weighted by Gasteiger charge is 2.24. The Morgan fingerprint density at radius 1 is 0.800 bits per heavy atom. The fraction of sp³-hybridized carbons (Fsp3) is 0.355. The zero-order chi connectivity index (χ0) is 27.7. The minimum Gasteiger partial charge on any atom is -0.495 e. The van der Waals surface area contributed by atoms with E-state index in [1.807, 2.05) is 48.5 Å². The molecular formula is C31H37N5O4. The van der Waals surface area contributed by atoms with Gasteiger partial charge < -0.3 is 29.9 Å². The number of para-hydroxylation sites is 2. The summed E-state index contributed by atoms with van der Waals surface area (Å²) in [5.74, 6) is 0.499. The van der Waals surface area contributed by atoms with Crippen LogP contribution in [0.5, 0.6) is 5.75 Å². The molecule has 2 saturated heterocycles. The van der Waals surface area contributed by atoms with Crippen LogP contribution in [-0.2, 0) is 4.74 Å². The zero-order valence-electron chi connectivity index (χ0n) is 23.0. The summed E-state index contributed by atoms with van der Waals surface area (Å²) in [5, 5.41) is 6.05. The van der Waals surface area contributed by atoms with Crippen LogP contribution in [-0.4, -0.2) is 89.4 Å². The first-order valence-electron chi connectivity index (χ1n) is 13.8. The van der Waals surface area contributed by atoms with Gasteiger partial charge in [-0.2, -0.15) is 0 Å². The van der Waals surface area contributed by atoms with Crippen molar-refractivity contribution in [2.75, 3.05) is 87.8 Å². The van der Waals surface area contributed by atoms with E-state index in [1.54, 1.807) is 25.3 Å². The molecule has 0 unspecified atom stereocenters. The Bertz CT molecular complexity index is 1290. The van der Waals surface area contributed by atoms with Gasteiger partial charge in [-0.25, -0.2) is 0 Å². The lowest BCUT2D eigenvalue weighted by atomic mass is 10.1. The molecule has 2 fully saturated rings. The normalized spacial score (nSPS) is 15.9. The predicted octanol–water partition coefficient (Wildman–Crippen LogP) is 3.34. The maximum atomic E-state index is 13.5. The number of methoxy groups -OCH3 is 1. The van der Waals surface area contributed by atoms with Gasteiger partial charge in [0.05, 0.1) is 31.6 Å². The lowest BCUT2D eigenvalue weighted by Crippen LogP contribution is -2.47. The Balaban J connectivity index is 1.31. The van der Waals surface area contributed by atoms with Crippen molar-refractivity contribution in [2.24, 2.45) is 0 Å². The standard InChI is InChI=1S/C31H37N5O4/c1-39-29-10-6-5-9-28(29)36-17-15-35(16-18-36)27-12-11-25(33-30(37)24-7-3-2-4-8-24)23-26(27)31(38)32-13-14-34-19-21-40-22-20-34/h2-12,23H,13-22H2,1H3,(H,32,38)(H,33,37). The van der Waals surface area contributed by atoms with Crippen molar-refractivity contribution >= 4 is 28.9 Å². The molecule has 0 atom stereocenters. The first-order valence-corrected chi connectivity index (χ1v) is 13.8. The number of anilines is 3. The molecule has 2 N–H and O–H groups in total. The summed E-state index contributed by atoms with van der Waals surface area (Å²) >= 11 is 0. The van der Waals surface area contributed by atoms with Crippen LogP contribution < -0.4 is 25.2 Å². The molecule has 9 nitrogen and oxygen atoms in total. The number of carbonyl (C=O) groups is 2. The van der Waals surface area contributed by atoms with Crippen LogP contribution in [0.3, 0.4) is 0 Å². The first-order chi connectivity index (χ1) is 19.6. The highest BCUT2D eigenvalue weighted by molar-refractivity contribution is 6.06. The van der Waals surface area contributed by atoms with Gasteiger partial charge in [0.2, 0.25) is 0 Å². The van der Waals surface area contributed by atoms with Gasteiger partial charge in [-0.05, 0) is 42.5 Å². The first kappa shape index (κ1) is 27.5. The van der Waals surface area contributed by atoms with E-state index in [9.17, 15) is 9.59 Å². The largest absolute Gasteiger partial charge is 0.495 e. The van der Waals surface area contributed by atoms with Crippen molar-refractivity contribution in [3.8, 4) is 5.75 Å². The SMILES string of the molecule is COc1ccccc1N1CCN(c2ccc(NC(=O)c3ccccc3)cc2C(=O)NCCN2CCOCC2)CC1. The molecule has 210 valence electrons.